The second kappa shape index (κ2) is 6.09. The highest BCUT2D eigenvalue weighted by Crippen LogP contribution is 2.16. The minimum absolute atomic E-state index is 0.134. The number of methoxy groups -OCH3 is 1. The van der Waals surface area contributed by atoms with Gasteiger partial charge in [0.1, 0.15) is 0 Å². The van der Waals surface area contributed by atoms with Crippen molar-refractivity contribution in [3.05, 3.63) is 47.9 Å². The topological polar surface area (TPSA) is 39.1 Å². The average Bonchev–Trinajstić information content (AvgIpc) is 2.84. The molecule has 0 saturated heterocycles. The number of ether oxygens (including phenoxy) is 1. The van der Waals surface area contributed by atoms with Gasteiger partial charge in [-0.15, -0.1) is 0 Å². The van der Waals surface area contributed by atoms with Crippen LogP contribution in [0.3, 0.4) is 0 Å². The summed E-state index contributed by atoms with van der Waals surface area (Å²) in [4.78, 5) is 4.22. The predicted molar refractivity (Wildman–Crippen MR) is 80.9 cm³/mol. The molecule has 0 aromatic carbocycles. The number of nitrogens with one attached hydrogen (secondary N) is 1. The fraction of sp³-hybridized carbons (Fsp3) is 0.438. The van der Waals surface area contributed by atoms with Crippen LogP contribution in [0, 0.1) is 0 Å². The molecule has 20 heavy (non-hydrogen) atoms. The Hall–Kier alpha value is -1.81. The fourth-order valence-corrected chi connectivity index (χ4v) is 1.99. The highest BCUT2D eigenvalue weighted by atomic mass is 16.5. The number of pyridine rings is 1. The number of rotatable bonds is 5. The molecule has 4 heteroatoms. The first-order valence-corrected chi connectivity index (χ1v) is 6.85. The van der Waals surface area contributed by atoms with E-state index in [4.69, 9.17) is 4.74 Å². The third-order valence-corrected chi connectivity index (χ3v) is 3.03. The Morgan fingerprint density at radius 1 is 1.30 bits per heavy atom. The van der Waals surface area contributed by atoms with Crippen molar-refractivity contribution >= 4 is 0 Å². The Balaban J connectivity index is 2.02. The molecule has 4 nitrogen and oxygen atoms in total. The van der Waals surface area contributed by atoms with E-state index in [0.717, 1.165) is 18.7 Å². The Morgan fingerprint density at radius 3 is 2.80 bits per heavy atom. The lowest BCUT2D eigenvalue weighted by Crippen LogP contribution is -2.34. The standard InChI is InChI=1S/C16H23N3O/c1-16(2,3)18-10-13-7-9-19(11-13)12-14-6-5-8-17-15(14)20-4/h5-9,11,18H,10,12H2,1-4H3. The molecule has 0 saturated carbocycles. The number of hydrogen-bond donors (Lipinski definition) is 1. The maximum atomic E-state index is 5.28. The molecule has 0 atom stereocenters. The molecule has 0 aliphatic heterocycles. The van der Waals surface area contributed by atoms with Gasteiger partial charge in [0.2, 0.25) is 5.88 Å². The van der Waals surface area contributed by atoms with Crippen molar-refractivity contribution in [1.29, 1.82) is 0 Å². The molecule has 0 aliphatic carbocycles. The highest BCUT2D eigenvalue weighted by Gasteiger charge is 2.09. The van der Waals surface area contributed by atoms with Gasteiger partial charge in [-0.3, -0.25) is 0 Å². The van der Waals surface area contributed by atoms with Gasteiger partial charge in [-0.2, -0.15) is 0 Å². The minimum Gasteiger partial charge on any atom is -0.481 e. The zero-order valence-corrected chi connectivity index (χ0v) is 12.7. The summed E-state index contributed by atoms with van der Waals surface area (Å²) in [5.41, 5.74) is 2.50. The quantitative estimate of drug-likeness (QED) is 0.910. The number of hydrogen-bond acceptors (Lipinski definition) is 3. The molecule has 0 spiro atoms. The molecular formula is C16H23N3O. The summed E-state index contributed by atoms with van der Waals surface area (Å²) in [5.74, 6) is 0.690. The van der Waals surface area contributed by atoms with Gasteiger partial charge in [-0.25, -0.2) is 4.98 Å². The van der Waals surface area contributed by atoms with Gasteiger partial charge < -0.3 is 14.6 Å². The molecule has 0 unspecified atom stereocenters. The molecule has 2 aromatic rings. The lowest BCUT2D eigenvalue weighted by Gasteiger charge is -2.19. The van der Waals surface area contributed by atoms with E-state index < -0.39 is 0 Å². The van der Waals surface area contributed by atoms with Crippen LogP contribution >= 0.6 is 0 Å². The first-order chi connectivity index (χ1) is 9.48. The summed E-state index contributed by atoms with van der Waals surface area (Å²) in [6.45, 7) is 8.16. The maximum absolute atomic E-state index is 5.28. The van der Waals surface area contributed by atoms with Crippen LogP contribution in [0.25, 0.3) is 0 Å². The van der Waals surface area contributed by atoms with Crippen LogP contribution in [0.15, 0.2) is 36.8 Å². The van der Waals surface area contributed by atoms with Crippen LogP contribution in [0.1, 0.15) is 31.9 Å². The summed E-state index contributed by atoms with van der Waals surface area (Å²) in [5, 5.41) is 3.49. The van der Waals surface area contributed by atoms with Crippen molar-refractivity contribution in [2.45, 2.75) is 39.4 Å². The summed E-state index contributed by atoms with van der Waals surface area (Å²) < 4.78 is 7.43. The molecule has 0 amide bonds. The van der Waals surface area contributed by atoms with Crippen LogP contribution in [0.2, 0.25) is 0 Å². The highest BCUT2D eigenvalue weighted by molar-refractivity contribution is 5.26. The van der Waals surface area contributed by atoms with Crippen molar-refractivity contribution in [1.82, 2.24) is 14.9 Å². The molecule has 0 bridgehead atoms. The molecule has 2 aromatic heterocycles. The second-order valence-corrected chi connectivity index (χ2v) is 5.97. The summed E-state index contributed by atoms with van der Waals surface area (Å²) in [7, 11) is 1.65. The fourth-order valence-electron chi connectivity index (χ4n) is 1.99. The first kappa shape index (κ1) is 14.6. The van der Waals surface area contributed by atoms with Gasteiger partial charge in [-0.05, 0) is 38.5 Å². The molecule has 1 N–H and O–H groups in total. The van der Waals surface area contributed by atoms with Crippen LogP contribution in [0.5, 0.6) is 5.88 Å². The van der Waals surface area contributed by atoms with Gasteiger partial charge in [0.05, 0.1) is 13.7 Å². The van der Waals surface area contributed by atoms with E-state index in [0.29, 0.717) is 5.88 Å². The predicted octanol–water partition coefficient (Wildman–Crippen LogP) is 2.83. The van der Waals surface area contributed by atoms with E-state index in [1.807, 2.05) is 12.1 Å². The molecule has 2 heterocycles. The SMILES string of the molecule is COc1ncccc1Cn1ccc(CNC(C)(C)C)c1. The summed E-state index contributed by atoms with van der Waals surface area (Å²) in [6, 6.07) is 6.11. The van der Waals surface area contributed by atoms with E-state index in [-0.39, 0.29) is 5.54 Å². The van der Waals surface area contributed by atoms with Crippen LogP contribution < -0.4 is 10.1 Å². The second-order valence-electron chi connectivity index (χ2n) is 5.97. The molecule has 0 aliphatic rings. The average molecular weight is 273 g/mol. The molecule has 0 radical (unpaired) electrons. The van der Waals surface area contributed by atoms with Crippen molar-refractivity contribution in [2.24, 2.45) is 0 Å². The summed E-state index contributed by atoms with van der Waals surface area (Å²) >= 11 is 0. The molecular weight excluding hydrogens is 250 g/mol. The number of nitrogens with zero attached hydrogens (tertiary/aromatic N) is 2. The molecule has 108 valence electrons. The lowest BCUT2D eigenvalue weighted by atomic mass is 10.1. The van der Waals surface area contributed by atoms with E-state index in [9.17, 15) is 0 Å². The van der Waals surface area contributed by atoms with Gasteiger partial charge in [0, 0.05) is 36.2 Å². The molecule has 2 rings (SSSR count). The van der Waals surface area contributed by atoms with E-state index in [1.165, 1.54) is 5.56 Å². The zero-order valence-electron chi connectivity index (χ0n) is 12.7. The van der Waals surface area contributed by atoms with Gasteiger partial charge in [-0.1, -0.05) is 6.07 Å². The first-order valence-electron chi connectivity index (χ1n) is 6.85. The third-order valence-electron chi connectivity index (χ3n) is 3.03. The van der Waals surface area contributed by atoms with E-state index in [2.05, 4.69) is 54.1 Å². The largest absolute Gasteiger partial charge is 0.481 e. The van der Waals surface area contributed by atoms with E-state index >= 15 is 0 Å². The van der Waals surface area contributed by atoms with Crippen LogP contribution in [-0.4, -0.2) is 22.2 Å². The number of aromatic nitrogens is 2. The Morgan fingerprint density at radius 2 is 2.10 bits per heavy atom. The van der Waals surface area contributed by atoms with Crippen molar-refractivity contribution in [2.75, 3.05) is 7.11 Å². The Labute approximate surface area is 120 Å². The lowest BCUT2D eigenvalue weighted by molar-refractivity contribution is 0.391. The maximum Gasteiger partial charge on any atom is 0.218 e. The van der Waals surface area contributed by atoms with Gasteiger partial charge >= 0.3 is 0 Å². The monoisotopic (exact) mass is 273 g/mol. The normalized spacial score (nSPS) is 11.6. The smallest absolute Gasteiger partial charge is 0.218 e. The Kier molecular flexibility index (Phi) is 4.45. The van der Waals surface area contributed by atoms with Gasteiger partial charge in [0.15, 0.2) is 0 Å². The summed E-state index contributed by atoms with van der Waals surface area (Å²) in [6.07, 6.45) is 5.99. The molecule has 0 fully saturated rings. The van der Waals surface area contributed by atoms with E-state index in [1.54, 1.807) is 13.3 Å². The van der Waals surface area contributed by atoms with Crippen LogP contribution in [-0.2, 0) is 13.1 Å². The Bertz CT molecular complexity index is 555. The zero-order chi connectivity index (χ0) is 14.6. The minimum atomic E-state index is 0.134. The van der Waals surface area contributed by atoms with Gasteiger partial charge in [0.25, 0.3) is 0 Å². The van der Waals surface area contributed by atoms with Crippen molar-refractivity contribution in [3.63, 3.8) is 0 Å². The van der Waals surface area contributed by atoms with Crippen molar-refractivity contribution < 1.29 is 4.74 Å². The van der Waals surface area contributed by atoms with Crippen molar-refractivity contribution in [3.8, 4) is 5.88 Å². The van der Waals surface area contributed by atoms with Crippen LogP contribution in [0.4, 0.5) is 0 Å². The third kappa shape index (κ3) is 4.10.